The van der Waals surface area contributed by atoms with Crippen molar-refractivity contribution in [2.75, 3.05) is 6.54 Å². The van der Waals surface area contributed by atoms with E-state index < -0.39 is 42.0 Å². The van der Waals surface area contributed by atoms with Crippen molar-refractivity contribution in [1.29, 1.82) is 0 Å². The van der Waals surface area contributed by atoms with E-state index in [1.54, 1.807) is 12.1 Å². The second-order valence-electron chi connectivity index (χ2n) is 6.73. The molecule has 1 saturated heterocycles. The number of aliphatic hydroxyl groups is 1. The lowest BCUT2D eigenvalue weighted by Gasteiger charge is -2.28. The molecule has 1 aromatic rings. The minimum Gasteiger partial charge on any atom is -0.508 e. The van der Waals surface area contributed by atoms with Crippen molar-refractivity contribution in [2.45, 2.75) is 50.4 Å². The molecule has 1 fully saturated rings. The standard InChI is InChI=1S/C18H25N3O6/c1-10(22)15(19)16(24)20-13(9-11-4-6-12(23)7-5-11)17(25)21-8-2-3-14(21)18(26)27/h4-7,10,13-15,22-23H,2-3,8-9,19H2,1H3,(H,20,24)(H,26,27)/t10-,13+,14-,15+/m1/s1. The van der Waals surface area contributed by atoms with Gasteiger partial charge in [0.05, 0.1) is 6.10 Å². The molecule has 9 nitrogen and oxygen atoms in total. The quantitative estimate of drug-likeness (QED) is 0.416. The Morgan fingerprint density at radius 2 is 1.93 bits per heavy atom. The first kappa shape index (κ1) is 20.7. The smallest absolute Gasteiger partial charge is 0.326 e. The molecule has 0 bridgehead atoms. The van der Waals surface area contributed by atoms with Gasteiger partial charge in [0.25, 0.3) is 0 Å². The topological polar surface area (TPSA) is 153 Å². The molecule has 6 N–H and O–H groups in total. The molecular formula is C18H25N3O6. The van der Waals surface area contributed by atoms with Crippen molar-refractivity contribution in [3.63, 3.8) is 0 Å². The summed E-state index contributed by atoms with van der Waals surface area (Å²) < 4.78 is 0. The van der Waals surface area contributed by atoms with Crippen LogP contribution in [0.3, 0.4) is 0 Å². The van der Waals surface area contributed by atoms with Crippen LogP contribution in [0.15, 0.2) is 24.3 Å². The molecule has 0 saturated carbocycles. The molecule has 0 spiro atoms. The van der Waals surface area contributed by atoms with Gasteiger partial charge >= 0.3 is 5.97 Å². The summed E-state index contributed by atoms with van der Waals surface area (Å²) in [7, 11) is 0. The number of carbonyl (C=O) groups excluding carboxylic acids is 2. The molecule has 1 heterocycles. The van der Waals surface area contributed by atoms with Crippen molar-refractivity contribution < 1.29 is 29.7 Å². The van der Waals surface area contributed by atoms with Gasteiger partial charge in [0.2, 0.25) is 11.8 Å². The number of aliphatic carboxylic acids is 1. The van der Waals surface area contributed by atoms with Crippen LogP contribution < -0.4 is 11.1 Å². The van der Waals surface area contributed by atoms with E-state index >= 15 is 0 Å². The van der Waals surface area contributed by atoms with Crippen LogP contribution in [0.4, 0.5) is 0 Å². The minimum absolute atomic E-state index is 0.0623. The van der Waals surface area contributed by atoms with Gasteiger partial charge in [-0.25, -0.2) is 4.79 Å². The first-order valence-electron chi connectivity index (χ1n) is 8.76. The van der Waals surface area contributed by atoms with Crippen molar-refractivity contribution >= 4 is 17.8 Å². The minimum atomic E-state index is -1.21. The third-order valence-electron chi connectivity index (χ3n) is 4.63. The van der Waals surface area contributed by atoms with Crippen LogP contribution in [0.1, 0.15) is 25.3 Å². The molecule has 0 aliphatic carbocycles. The maximum absolute atomic E-state index is 13.0. The molecule has 1 aliphatic rings. The summed E-state index contributed by atoms with van der Waals surface area (Å²) in [6.07, 6.45) is -0.0857. The highest BCUT2D eigenvalue weighted by Crippen LogP contribution is 2.20. The Morgan fingerprint density at radius 3 is 2.48 bits per heavy atom. The summed E-state index contributed by atoms with van der Waals surface area (Å²) in [5.74, 6) is -2.24. The zero-order valence-electron chi connectivity index (χ0n) is 15.0. The fourth-order valence-electron chi connectivity index (χ4n) is 3.04. The average molecular weight is 379 g/mol. The van der Waals surface area contributed by atoms with E-state index in [0.717, 1.165) is 0 Å². The summed E-state index contributed by atoms with van der Waals surface area (Å²) in [5, 5.41) is 30.7. The normalized spacial score (nSPS) is 20.0. The van der Waals surface area contributed by atoms with Gasteiger partial charge in [0.1, 0.15) is 23.9 Å². The van der Waals surface area contributed by atoms with E-state index in [2.05, 4.69) is 5.32 Å². The zero-order chi connectivity index (χ0) is 20.1. The predicted octanol–water partition coefficient (Wildman–Crippen LogP) is -0.797. The molecule has 2 amide bonds. The van der Waals surface area contributed by atoms with Crippen molar-refractivity contribution in [2.24, 2.45) is 5.73 Å². The van der Waals surface area contributed by atoms with Crippen LogP contribution in [0.5, 0.6) is 5.75 Å². The third-order valence-corrected chi connectivity index (χ3v) is 4.63. The van der Waals surface area contributed by atoms with Crippen LogP contribution in [0.2, 0.25) is 0 Å². The Morgan fingerprint density at radius 1 is 1.30 bits per heavy atom. The molecule has 9 heteroatoms. The Balaban J connectivity index is 2.22. The largest absolute Gasteiger partial charge is 0.508 e. The Kier molecular flexibility index (Phi) is 6.75. The summed E-state index contributed by atoms with van der Waals surface area (Å²) in [4.78, 5) is 37.8. The number of phenols is 1. The summed E-state index contributed by atoms with van der Waals surface area (Å²) >= 11 is 0. The van der Waals surface area contributed by atoms with Gasteiger partial charge in [-0.05, 0) is 37.5 Å². The van der Waals surface area contributed by atoms with E-state index in [1.807, 2.05) is 0 Å². The monoisotopic (exact) mass is 379 g/mol. The number of aliphatic hydroxyl groups excluding tert-OH is 1. The highest BCUT2D eigenvalue weighted by Gasteiger charge is 2.38. The van der Waals surface area contributed by atoms with E-state index in [1.165, 1.54) is 24.0 Å². The number of nitrogens with one attached hydrogen (secondary N) is 1. The van der Waals surface area contributed by atoms with Gasteiger partial charge in [0, 0.05) is 13.0 Å². The second-order valence-corrected chi connectivity index (χ2v) is 6.73. The lowest BCUT2D eigenvalue weighted by Crippen LogP contribution is -2.57. The number of likely N-dealkylation sites (tertiary alicyclic amines) is 1. The summed E-state index contributed by atoms with van der Waals surface area (Å²) in [5.41, 5.74) is 6.31. The Hall–Kier alpha value is -2.65. The second kappa shape index (κ2) is 8.83. The van der Waals surface area contributed by atoms with Crippen LogP contribution in [0, 0.1) is 0 Å². The van der Waals surface area contributed by atoms with Gasteiger partial charge in [-0.3, -0.25) is 9.59 Å². The number of aromatic hydroxyl groups is 1. The number of benzene rings is 1. The van der Waals surface area contributed by atoms with Gasteiger partial charge < -0.3 is 31.3 Å². The van der Waals surface area contributed by atoms with Crippen molar-refractivity contribution in [3.8, 4) is 5.75 Å². The molecule has 148 valence electrons. The maximum Gasteiger partial charge on any atom is 0.326 e. The molecular weight excluding hydrogens is 354 g/mol. The van der Waals surface area contributed by atoms with Crippen LogP contribution in [-0.4, -0.2) is 68.8 Å². The highest BCUT2D eigenvalue weighted by molar-refractivity contribution is 5.92. The Labute approximate surface area is 156 Å². The molecule has 4 atom stereocenters. The number of carboxylic acid groups (broad SMARTS) is 1. The van der Waals surface area contributed by atoms with Crippen molar-refractivity contribution in [1.82, 2.24) is 10.2 Å². The molecule has 0 aromatic heterocycles. The fraction of sp³-hybridized carbons (Fsp3) is 0.500. The molecule has 0 radical (unpaired) electrons. The number of hydrogen-bond donors (Lipinski definition) is 5. The molecule has 0 unspecified atom stereocenters. The van der Waals surface area contributed by atoms with Crippen LogP contribution in [-0.2, 0) is 20.8 Å². The number of carboxylic acids is 1. The summed E-state index contributed by atoms with van der Waals surface area (Å²) in [6.45, 7) is 1.65. The van der Waals surface area contributed by atoms with E-state index in [4.69, 9.17) is 5.73 Å². The average Bonchev–Trinajstić information content (AvgIpc) is 3.11. The first-order chi connectivity index (χ1) is 12.7. The fourth-order valence-corrected chi connectivity index (χ4v) is 3.04. The number of carbonyl (C=O) groups is 3. The lowest BCUT2D eigenvalue weighted by molar-refractivity contribution is -0.149. The molecule has 1 aromatic carbocycles. The number of phenolic OH excluding ortho intramolecular Hbond substituents is 1. The van der Waals surface area contributed by atoms with Crippen molar-refractivity contribution in [3.05, 3.63) is 29.8 Å². The van der Waals surface area contributed by atoms with E-state index in [9.17, 15) is 29.7 Å². The third kappa shape index (κ3) is 5.18. The zero-order valence-corrected chi connectivity index (χ0v) is 15.0. The van der Waals surface area contributed by atoms with Gasteiger partial charge in [-0.1, -0.05) is 12.1 Å². The maximum atomic E-state index is 13.0. The lowest BCUT2D eigenvalue weighted by atomic mass is 10.0. The van der Waals surface area contributed by atoms with Gasteiger partial charge in [-0.2, -0.15) is 0 Å². The highest BCUT2D eigenvalue weighted by atomic mass is 16.4. The SMILES string of the molecule is C[C@@H](O)[C@H](N)C(=O)N[C@@H](Cc1ccc(O)cc1)C(=O)N1CCC[C@@H]1C(=O)O. The first-order valence-corrected chi connectivity index (χ1v) is 8.76. The Bertz CT molecular complexity index is 691. The van der Waals surface area contributed by atoms with E-state index in [-0.39, 0.29) is 12.2 Å². The van der Waals surface area contributed by atoms with Gasteiger partial charge in [-0.15, -0.1) is 0 Å². The number of rotatable bonds is 7. The number of amides is 2. The van der Waals surface area contributed by atoms with Crippen LogP contribution >= 0.6 is 0 Å². The van der Waals surface area contributed by atoms with Gasteiger partial charge in [0.15, 0.2) is 0 Å². The molecule has 27 heavy (non-hydrogen) atoms. The molecule has 1 aliphatic heterocycles. The summed E-state index contributed by atoms with van der Waals surface area (Å²) in [6, 6.07) is 2.94. The predicted molar refractivity (Wildman–Crippen MR) is 95.8 cm³/mol. The molecule has 2 rings (SSSR count). The number of hydrogen-bond acceptors (Lipinski definition) is 6. The number of nitrogens with zero attached hydrogens (tertiary/aromatic N) is 1. The van der Waals surface area contributed by atoms with Crippen LogP contribution in [0.25, 0.3) is 0 Å². The van der Waals surface area contributed by atoms with E-state index in [0.29, 0.717) is 24.9 Å². The number of nitrogens with two attached hydrogens (primary N) is 1.